The number of nitrogens with zero attached hydrogens (tertiary/aromatic N) is 1. The van der Waals surface area contributed by atoms with Gasteiger partial charge in [-0.1, -0.05) is 25.7 Å². The van der Waals surface area contributed by atoms with E-state index in [1.54, 1.807) is 0 Å². The van der Waals surface area contributed by atoms with Crippen molar-refractivity contribution in [1.82, 2.24) is 4.57 Å². The molecule has 168 valence electrons. The van der Waals surface area contributed by atoms with Gasteiger partial charge in [0.25, 0.3) is 5.91 Å². The van der Waals surface area contributed by atoms with Crippen LogP contribution in [-0.4, -0.2) is 26.7 Å². The number of hydrogen-bond donors (Lipinski definition) is 2. The monoisotopic (exact) mass is 445 g/mol. The van der Waals surface area contributed by atoms with Crippen LogP contribution in [0.5, 0.6) is 5.75 Å². The summed E-state index contributed by atoms with van der Waals surface area (Å²) in [6.07, 6.45) is 4.23. The minimum atomic E-state index is -1.21. The number of benzene rings is 2. The van der Waals surface area contributed by atoms with Gasteiger partial charge in [-0.25, -0.2) is 13.2 Å². The Labute approximate surface area is 182 Å². The van der Waals surface area contributed by atoms with Crippen LogP contribution in [0.2, 0.25) is 0 Å². The number of aromatic hydroxyl groups is 1. The average molecular weight is 445 g/mol. The average Bonchev–Trinajstić information content (AvgIpc) is 3.34. The van der Waals surface area contributed by atoms with Gasteiger partial charge in [0.2, 0.25) is 0 Å². The quantitative estimate of drug-likeness (QED) is 0.543. The second-order valence-electron chi connectivity index (χ2n) is 8.37. The number of hydrogen-bond acceptors (Lipinski definition) is 3. The number of carboxylic acids is 1. The summed E-state index contributed by atoms with van der Waals surface area (Å²) >= 11 is 0. The molecule has 0 aliphatic heterocycles. The largest absolute Gasteiger partial charge is 0.505 e. The molecular weight excluding hydrogens is 423 g/mol. The maximum absolute atomic E-state index is 14.2. The Morgan fingerprint density at radius 3 is 2.38 bits per heavy atom. The molecule has 5 nitrogen and oxygen atoms in total. The van der Waals surface area contributed by atoms with Crippen molar-refractivity contribution in [2.75, 3.05) is 0 Å². The Kier molecular flexibility index (Phi) is 5.71. The van der Waals surface area contributed by atoms with E-state index in [1.807, 2.05) is 0 Å². The number of carbonyl (C=O) groups excluding carboxylic acids is 1. The lowest BCUT2D eigenvalue weighted by atomic mass is 9.86. The standard InChI is InChI=1S/C24H22F3NO4/c1-12-22(16(24(31)32)8-13-4-2-3-5-13)15-10-21(29)19(27)11-20(15)28(12)23(30)14-6-7-17(25)18(26)9-14/h6-7,9-11,13,16,29H,2-5,8H2,1H3,(H,31,32)/t16-/m0/s1. The summed E-state index contributed by atoms with van der Waals surface area (Å²) in [6, 6.07) is 4.74. The molecule has 0 amide bonds. The molecule has 1 aliphatic carbocycles. The predicted octanol–water partition coefficient (Wildman–Crippen LogP) is 5.51. The second-order valence-corrected chi connectivity index (χ2v) is 8.37. The molecule has 0 bridgehead atoms. The molecule has 0 unspecified atom stereocenters. The van der Waals surface area contributed by atoms with Gasteiger partial charge >= 0.3 is 5.97 Å². The number of rotatable bonds is 5. The van der Waals surface area contributed by atoms with Crippen molar-refractivity contribution >= 4 is 22.8 Å². The number of carboxylic acid groups (broad SMARTS) is 1. The Hall–Kier alpha value is -3.29. The number of phenols is 1. The third-order valence-corrected chi connectivity index (χ3v) is 6.38. The molecular formula is C24H22F3NO4. The third-order valence-electron chi connectivity index (χ3n) is 6.38. The summed E-state index contributed by atoms with van der Waals surface area (Å²) < 4.78 is 42.4. The van der Waals surface area contributed by atoms with Gasteiger partial charge < -0.3 is 10.2 Å². The molecule has 4 rings (SSSR count). The van der Waals surface area contributed by atoms with Gasteiger partial charge in [0, 0.05) is 22.7 Å². The van der Waals surface area contributed by atoms with Gasteiger partial charge in [-0.15, -0.1) is 0 Å². The zero-order chi connectivity index (χ0) is 23.2. The van der Waals surface area contributed by atoms with E-state index < -0.39 is 41.0 Å². The van der Waals surface area contributed by atoms with Crippen LogP contribution < -0.4 is 0 Å². The highest BCUT2D eigenvalue weighted by molar-refractivity contribution is 6.05. The lowest BCUT2D eigenvalue weighted by Crippen LogP contribution is -2.18. The van der Waals surface area contributed by atoms with Crippen LogP contribution in [0.4, 0.5) is 13.2 Å². The van der Waals surface area contributed by atoms with Crippen molar-refractivity contribution in [3.63, 3.8) is 0 Å². The van der Waals surface area contributed by atoms with Crippen LogP contribution in [-0.2, 0) is 4.79 Å². The van der Waals surface area contributed by atoms with Gasteiger partial charge in [0.1, 0.15) is 0 Å². The first-order chi connectivity index (χ1) is 15.2. The van der Waals surface area contributed by atoms with Crippen LogP contribution in [0.3, 0.4) is 0 Å². The van der Waals surface area contributed by atoms with Gasteiger partial charge in [0.15, 0.2) is 23.2 Å². The highest BCUT2D eigenvalue weighted by Crippen LogP contribution is 2.41. The summed E-state index contributed by atoms with van der Waals surface area (Å²) in [6.45, 7) is 1.53. The number of carbonyl (C=O) groups is 2. The highest BCUT2D eigenvalue weighted by Gasteiger charge is 2.33. The Morgan fingerprint density at radius 1 is 1.06 bits per heavy atom. The van der Waals surface area contributed by atoms with Crippen LogP contribution >= 0.6 is 0 Å². The number of halogens is 3. The first kappa shape index (κ1) is 21.9. The van der Waals surface area contributed by atoms with Gasteiger partial charge in [-0.2, -0.15) is 0 Å². The first-order valence-electron chi connectivity index (χ1n) is 10.4. The van der Waals surface area contributed by atoms with Crippen molar-refractivity contribution in [1.29, 1.82) is 0 Å². The van der Waals surface area contributed by atoms with Crippen molar-refractivity contribution in [3.05, 3.63) is 64.6 Å². The normalized spacial score (nSPS) is 15.4. The molecule has 1 fully saturated rings. The fraction of sp³-hybridized carbons (Fsp3) is 0.333. The Morgan fingerprint density at radius 2 is 1.75 bits per heavy atom. The SMILES string of the molecule is Cc1c([C@H](CC2CCCC2)C(=O)O)c2cc(O)c(F)cc2n1C(=O)c1ccc(F)c(F)c1. The lowest BCUT2D eigenvalue weighted by Gasteiger charge is -2.18. The summed E-state index contributed by atoms with van der Waals surface area (Å²) in [7, 11) is 0. The number of phenolic OH excluding ortho intramolecular Hbond substituents is 1. The molecule has 0 radical (unpaired) electrons. The number of fused-ring (bicyclic) bond motifs is 1. The van der Waals surface area contributed by atoms with E-state index in [0.717, 1.165) is 60.6 Å². The van der Waals surface area contributed by atoms with Crippen LogP contribution in [0, 0.1) is 30.3 Å². The van der Waals surface area contributed by atoms with Crippen LogP contribution in [0.15, 0.2) is 30.3 Å². The molecule has 1 aromatic heterocycles. The molecule has 2 aromatic carbocycles. The van der Waals surface area contributed by atoms with E-state index in [2.05, 4.69) is 0 Å². The summed E-state index contributed by atoms with van der Waals surface area (Å²) in [5.74, 6) is -6.57. The number of aliphatic carboxylic acids is 1. The van der Waals surface area contributed by atoms with Gasteiger partial charge in [0.05, 0.1) is 11.4 Å². The zero-order valence-electron chi connectivity index (χ0n) is 17.4. The van der Waals surface area contributed by atoms with Crippen LogP contribution in [0.1, 0.15) is 59.6 Å². The first-order valence-corrected chi connectivity index (χ1v) is 10.4. The molecule has 1 saturated carbocycles. The maximum atomic E-state index is 14.2. The van der Waals surface area contributed by atoms with Crippen molar-refractivity contribution < 1.29 is 33.0 Å². The fourth-order valence-corrected chi connectivity index (χ4v) is 4.83. The summed E-state index contributed by atoms with van der Waals surface area (Å²) in [4.78, 5) is 25.5. The van der Waals surface area contributed by atoms with E-state index in [0.29, 0.717) is 12.0 Å². The van der Waals surface area contributed by atoms with E-state index in [-0.39, 0.29) is 28.1 Å². The fourth-order valence-electron chi connectivity index (χ4n) is 4.83. The molecule has 8 heteroatoms. The minimum absolute atomic E-state index is 0.0557. The van der Waals surface area contributed by atoms with E-state index >= 15 is 0 Å². The van der Waals surface area contributed by atoms with Crippen molar-refractivity contribution in [2.24, 2.45) is 5.92 Å². The molecule has 0 spiro atoms. The van der Waals surface area contributed by atoms with E-state index in [9.17, 15) is 33.0 Å². The van der Waals surface area contributed by atoms with E-state index in [1.165, 1.54) is 6.92 Å². The van der Waals surface area contributed by atoms with E-state index in [4.69, 9.17) is 0 Å². The molecule has 3 aromatic rings. The summed E-state index contributed by atoms with van der Waals surface area (Å²) in [5.41, 5.74) is 0.447. The minimum Gasteiger partial charge on any atom is -0.505 e. The molecule has 2 N–H and O–H groups in total. The maximum Gasteiger partial charge on any atom is 0.311 e. The Bertz CT molecular complexity index is 1230. The highest BCUT2D eigenvalue weighted by atomic mass is 19.2. The second kappa shape index (κ2) is 8.33. The molecule has 0 saturated heterocycles. The van der Waals surface area contributed by atoms with Crippen molar-refractivity contribution in [3.8, 4) is 5.75 Å². The molecule has 1 heterocycles. The Balaban J connectivity index is 1.92. The summed E-state index contributed by atoms with van der Waals surface area (Å²) in [5, 5.41) is 20.2. The number of aromatic nitrogens is 1. The lowest BCUT2D eigenvalue weighted by molar-refractivity contribution is -0.139. The third kappa shape index (κ3) is 3.74. The van der Waals surface area contributed by atoms with Crippen molar-refractivity contribution in [2.45, 2.75) is 44.9 Å². The molecule has 32 heavy (non-hydrogen) atoms. The van der Waals surface area contributed by atoms with Gasteiger partial charge in [-0.3, -0.25) is 14.2 Å². The molecule has 1 atom stereocenters. The zero-order valence-corrected chi connectivity index (χ0v) is 17.4. The van der Waals surface area contributed by atoms with Gasteiger partial charge in [-0.05, 0) is 49.1 Å². The smallest absolute Gasteiger partial charge is 0.311 e. The topological polar surface area (TPSA) is 79.5 Å². The molecule has 1 aliphatic rings. The predicted molar refractivity (Wildman–Crippen MR) is 111 cm³/mol. The van der Waals surface area contributed by atoms with Crippen LogP contribution in [0.25, 0.3) is 10.9 Å².